The Morgan fingerprint density at radius 2 is 2.18 bits per heavy atom. The molecule has 0 saturated carbocycles. The van der Waals surface area contributed by atoms with Crippen LogP contribution in [0.5, 0.6) is 17.2 Å². The van der Waals surface area contributed by atoms with Crippen molar-refractivity contribution in [1.29, 1.82) is 0 Å². The fourth-order valence-corrected chi connectivity index (χ4v) is 2.17. The van der Waals surface area contributed by atoms with E-state index in [0.29, 0.717) is 36.0 Å². The van der Waals surface area contributed by atoms with Crippen molar-refractivity contribution in [3.05, 3.63) is 53.9 Å². The van der Waals surface area contributed by atoms with Crippen LogP contribution in [0, 0.1) is 0 Å². The Kier molecular flexibility index (Phi) is 4.05. The van der Waals surface area contributed by atoms with Crippen LogP contribution in [0.25, 0.3) is 6.08 Å². The van der Waals surface area contributed by atoms with Crippen LogP contribution in [-0.2, 0) is 0 Å². The van der Waals surface area contributed by atoms with Crippen LogP contribution in [0.2, 0.25) is 0 Å². The number of fused-ring (bicyclic) bond motifs is 1. The lowest BCUT2D eigenvalue weighted by Crippen LogP contribution is -2.16. The van der Waals surface area contributed by atoms with Crippen LogP contribution in [0.3, 0.4) is 0 Å². The first-order chi connectivity index (χ1) is 10.8. The second kappa shape index (κ2) is 6.30. The molecule has 2 aromatic rings. The third kappa shape index (κ3) is 2.93. The summed E-state index contributed by atoms with van der Waals surface area (Å²) in [6.07, 6.45) is 6.39. The van der Waals surface area contributed by atoms with Gasteiger partial charge in [0.15, 0.2) is 17.3 Å². The number of nitrogens with zero attached hydrogens (tertiary/aromatic N) is 1. The van der Waals surface area contributed by atoms with Crippen LogP contribution < -0.4 is 14.2 Å². The Morgan fingerprint density at radius 3 is 2.95 bits per heavy atom. The number of ether oxygens (including phenoxy) is 3. The number of ketones is 1. The monoisotopic (exact) mass is 297 g/mol. The Balaban J connectivity index is 1.86. The summed E-state index contributed by atoms with van der Waals surface area (Å²) in [4.78, 5) is 16.0. The van der Waals surface area contributed by atoms with E-state index in [1.165, 1.54) is 12.3 Å². The van der Waals surface area contributed by atoms with Crippen molar-refractivity contribution in [3.63, 3.8) is 0 Å². The van der Waals surface area contributed by atoms with Crippen molar-refractivity contribution in [2.75, 3.05) is 20.3 Å². The van der Waals surface area contributed by atoms with Gasteiger partial charge in [-0.1, -0.05) is 6.08 Å². The molecule has 2 heterocycles. The summed E-state index contributed by atoms with van der Waals surface area (Å²) in [5, 5.41) is 0. The van der Waals surface area contributed by atoms with Gasteiger partial charge < -0.3 is 14.2 Å². The van der Waals surface area contributed by atoms with Crippen LogP contribution in [0.1, 0.15) is 15.9 Å². The zero-order chi connectivity index (χ0) is 15.4. The highest BCUT2D eigenvalue weighted by molar-refractivity contribution is 6.06. The van der Waals surface area contributed by atoms with Crippen LogP contribution in [-0.4, -0.2) is 31.1 Å². The lowest BCUT2D eigenvalue weighted by molar-refractivity contribution is 0.104. The number of rotatable bonds is 4. The number of pyridine rings is 1. The van der Waals surface area contributed by atoms with Gasteiger partial charge in [0.2, 0.25) is 5.75 Å². The van der Waals surface area contributed by atoms with Crippen LogP contribution in [0.4, 0.5) is 0 Å². The topological polar surface area (TPSA) is 57.7 Å². The Hall–Kier alpha value is -2.82. The van der Waals surface area contributed by atoms with Crippen molar-refractivity contribution >= 4 is 11.9 Å². The average molecular weight is 297 g/mol. The minimum Gasteiger partial charge on any atom is -0.493 e. The van der Waals surface area contributed by atoms with Gasteiger partial charge in [-0.25, -0.2) is 0 Å². The number of hydrogen-bond donors (Lipinski definition) is 0. The molecule has 0 spiro atoms. The summed E-state index contributed by atoms with van der Waals surface area (Å²) in [7, 11) is 1.57. The maximum atomic E-state index is 12.0. The van der Waals surface area contributed by atoms with Gasteiger partial charge in [0.1, 0.15) is 13.2 Å². The fraction of sp³-hybridized carbons (Fsp3) is 0.176. The smallest absolute Gasteiger partial charge is 0.203 e. The van der Waals surface area contributed by atoms with E-state index in [1.807, 2.05) is 6.07 Å². The number of methoxy groups -OCH3 is 1. The van der Waals surface area contributed by atoms with Gasteiger partial charge in [0.05, 0.1) is 7.11 Å². The van der Waals surface area contributed by atoms with Gasteiger partial charge in [-0.15, -0.1) is 0 Å². The molecule has 0 N–H and O–H groups in total. The molecule has 0 radical (unpaired) electrons. The van der Waals surface area contributed by atoms with Gasteiger partial charge in [-0.05, 0) is 35.9 Å². The molecule has 5 nitrogen and oxygen atoms in total. The number of carbonyl (C=O) groups excluding carboxylic acids is 1. The summed E-state index contributed by atoms with van der Waals surface area (Å²) in [5.41, 5.74) is 1.35. The number of carbonyl (C=O) groups is 1. The molecule has 0 atom stereocenters. The van der Waals surface area contributed by atoms with Crippen LogP contribution in [0.15, 0.2) is 42.7 Å². The van der Waals surface area contributed by atoms with Crippen molar-refractivity contribution in [3.8, 4) is 17.2 Å². The van der Waals surface area contributed by atoms with Gasteiger partial charge >= 0.3 is 0 Å². The number of allylic oxidation sites excluding steroid dienone is 1. The molecule has 0 saturated heterocycles. The normalized spacial score (nSPS) is 13.1. The van der Waals surface area contributed by atoms with Gasteiger partial charge in [-0.2, -0.15) is 0 Å². The predicted molar refractivity (Wildman–Crippen MR) is 81.6 cm³/mol. The standard InChI is InChI=1S/C17H15NO4/c1-20-15-9-12(10-16-17(15)22-8-7-21-16)4-5-14(19)13-3-2-6-18-11-13/h2-6,9-11H,7-8H2,1H3/b5-4+. The van der Waals surface area contributed by atoms with E-state index in [2.05, 4.69) is 4.98 Å². The van der Waals surface area contributed by atoms with Crippen molar-refractivity contribution < 1.29 is 19.0 Å². The Bertz CT molecular complexity index is 693. The highest BCUT2D eigenvalue weighted by Gasteiger charge is 2.17. The first-order valence-electron chi connectivity index (χ1n) is 6.88. The van der Waals surface area contributed by atoms with E-state index in [0.717, 1.165) is 5.56 Å². The molecular weight excluding hydrogens is 282 g/mol. The highest BCUT2D eigenvalue weighted by Crippen LogP contribution is 2.40. The number of aromatic nitrogens is 1. The van der Waals surface area contributed by atoms with Crippen molar-refractivity contribution in [2.45, 2.75) is 0 Å². The third-order valence-electron chi connectivity index (χ3n) is 3.22. The summed E-state index contributed by atoms with van der Waals surface area (Å²) in [6.45, 7) is 0.996. The SMILES string of the molecule is COc1cc(/C=C/C(=O)c2cccnc2)cc2c1OCCO2. The van der Waals surface area contributed by atoms with E-state index in [1.54, 1.807) is 37.6 Å². The van der Waals surface area contributed by atoms with E-state index in [9.17, 15) is 4.79 Å². The molecule has 5 heteroatoms. The zero-order valence-corrected chi connectivity index (χ0v) is 12.1. The molecule has 3 rings (SSSR count). The quantitative estimate of drug-likeness (QED) is 0.641. The average Bonchev–Trinajstić information content (AvgIpc) is 2.59. The molecule has 1 aliphatic rings. The third-order valence-corrected chi connectivity index (χ3v) is 3.22. The molecule has 1 aliphatic heterocycles. The van der Waals surface area contributed by atoms with Crippen molar-refractivity contribution in [2.24, 2.45) is 0 Å². The number of benzene rings is 1. The first kappa shape index (κ1) is 14.1. The fourth-order valence-electron chi connectivity index (χ4n) is 2.17. The minimum atomic E-state index is -0.109. The Morgan fingerprint density at radius 1 is 1.32 bits per heavy atom. The summed E-state index contributed by atoms with van der Waals surface area (Å²) in [5.74, 6) is 1.70. The lowest BCUT2D eigenvalue weighted by atomic mass is 10.1. The molecule has 0 aliphatic carbocycles. The molecule has 0 bridgehead atoms. The summed E-state index contributed by atoms with van der Waals surface area (Å²) < 4.78 is 16.4. The first-order valence-corrected chi connectivity index (χ1v) is 6.88. The molecule has 0 fully saturated rings. The van der Waals surface area contributed by atoms with Gasteiger partial charge in [0, 0.05) is 18.0 Å². The van der Waals surface area contributed by atoms with E-state index >= 15 is 0 Å². The molecule has 1 aromatic heterocycles. The molecule has 112 valence electrons. The molecule has 1 aromatic carbocycles. The maximum absolute atomic E-state index is 12.0. The Labute approximate surface area is 128 Å². The predicted octanol–water partition coefficient (Wildman–Crippen LogP) is 2.76. The van der Waals surface area contributed by atoms with Gasteiger partial charge in [-0.3, -0.25) is 9.78 Å². The molecule has 0 unspecified atom stereocenters. The van der Waals surface area contributed by atoms with E-state index in [4.69, 9.17) is 14.2 Å². The van der Waals surface area contributed by atoms with Gasteiger partial charge in [0.25, 0.3) is 0 Å². The maximum Gasteiger partial charge on any atom is 0.203 e. The summed E-state index contributed by atoms with van der Waals surface area (Å²) >= 11 is 0. The van der Waals surface area contributed by atoms with Crippen molar-refractivity contribution in [1.82, 2.24) is 4.98 Å². The molecule has 0 amide bonds. The van der Waals surface area contributed by atoms with E-state index in [-0.39, 0.29) is 5.78 Å². The summed E-state index contributed by atoms with van der Waals surface area (Å²) in [6, 6.07) is 7.09. The molecule has 22 heavy (non-hydrogen) atoms. The minimum absolute atomic E-state index is 0.109. The van der Waals surface area contributed by atoms with Crippen LogP contribution >= 0.6 is 0 Å². The lowest BCUT2D eigenvalue weighted by Gasteiger charge is -2.20. The second-order valence-electron chi connectivity index (χ2n) is 4.69. The highest BCUT2D eigenvalue weighted by atomic mass is 16.6. The second-order valence-corrected chi connectivity index (χ2v) is 4.69. The molecular formula is C17H15NO4. The van der Waals surface area contributed by atoms with E-state index < -0.39 is 0 Å². The number of hydrogen-bond acceptors (Lipinski definition) is 5. The zero-order valence-electron chi connectivity index (χ0n) is 12.1. The largest absolute Gasteiger partial charge is 0.493 e.